The third kappa shape index (κ3) is 2.31. The zero-order chi connectivity index (χ0) is 13.4. The molecule has 0 fully saturated rings. The van der Waals surface area contributed by atoms with Crippen molar-refractivity contribution in [3.63, 3.8) is 0 Å². The number of benzene rings is 1. The van der Waals surface area contributed by atoms with Gasteiger partial charge in [0, 0.05) is 13.1 Å². The maximum atomic E-state index is 9.56. The summed E-state index contributed by atoms with van der Waals surface area (Å²) >= 11 is 6.31. The highest BCUT2D eigenvalue weighted by Crippen LogP contribution is 2.30. The van der Waals surface area contributed by atoms with Crippen molar-refractivity contribution in [2.75, 3.05) is 11.4 Å². The molecule has 0 amide bonds. The lowest BCUT2D eigenvalue weighted by Crippen LogP contribution is -2.33. The van der Waals surface area contributed by atoms with Gasteiger partial charge >= 0.3 is 0 Å². The van der Waals surface area contributed by atoms with Gasteiger partial charge in [0.2, 0.25) is 0 Å². The molecule has 5 nitrogen and oxygen atoms in total. The van der Waals surface area contributed by atoms with Gasteiger partial charge in [0.15, 0.2) is 5.82 Å². The molecule has 19 heavy (non-hydrogen) atoms. The fourth-order valence-corrected chi connectivity index (χ4v) is 2.62. The van der Waals surface area contributed by atoms with Crippen LogP contribution >= 0.6 is 11.6 Å². The number of fused-ring (bicyclic) bond motifs is 1. The fourth-order valence-electron chi connectivity index (χ4n) is 2.31. The number of aromatic nitrogens is 3. The highest BCUT2D eigenvalue weighted by molar-refractivity contribution is 6.33. The molecule has 1 atom stereocenters. The van der Waals surface area contributed by atoms with Gasteiger partial charge in [-0.25, -0.2) is 0 Å². The van der Waals surface area contributed by atoms with Crippen LogP contribution in [0.4, 0.5) is 5.69 Å². The first-order valence-electron chi connectivity index (χ1n) is 6.24. The molecule has 0 aliphatic carbocycles. The Kier molecular flexibility index (Phi) is 3.16. The number of anilines is 1. The second-order valence-electron chi connectivity index (χ2n) is 4.75. The van der Waals surface area contributed by atoms with Crippen molar-refractivity contribution >= 4 is 17.3 Å². The number of aliphatic hydroxyl groups is 1. The van der Waals surface area contributed by atoms with E-state index in [0.717, 1.165) is 30.2 Å². The molecule has 0 radical (unpaired) electrons. The molecule has 6 heteroatoms. The van der Waals surface area contributed by atoms with Crippen LogP contribution in [0.3, 0.4) is 0 Å². The zero-order valence-corrected chi connectivity index (χ0v) is 11.4. The van der Waals surface area contributed by atoms with Gasteiger partial charge in [-0.2, -0.15) is 0 Å². The zero-order valence-electron chi connectivity index (χ0n) is 10.6. The number of hydrogen-bond donors (Lipinski definition) is 1. The summed E-state index contributed by atoms with van der Waals surface area (Å²) in [6.45, 7) is 4.16. The molecule has 2 aromatic rings. The Balaban J connectivity index is 1.88. The SMILES string of the molecule is C[C@@H](O)c1ccc(N2CCn3cnnc3C2)c(Cl)c1. The predicted octanol–water partition coefficient (Wildman–Crippen LogP) is 2.00. The van der Waals surface area contributed by atoms with E-state index >= 15 is 0 Å². The number of nitrogens with zero attached hydrogens (tertiary/aromatic N) is 4. The average molecular weight is 279 g/mol. The molecular formula is C13H15ClN4O. The van der Waals surface area contributed by atoms with E-state index < -0.39 is 6.10 Å². The third-order valence-corrected chi connectivity index (χ3v) is 3.74. The molecule has 0 unspecified atom stereocenters. The van der Waals surface area contributed by atoms with Crippen molar-refractivity contribution in [3.05, 3.63) is 40.9 Å². The van der Waals surface area contributed by atoms with Gasteiger partial charge in [-0.1, -0.05) is 17.7 Å². The van der Waals surface area contributed by atoms with Gasteiger partial charge in [0.25, 0.3) is 0 Å². The first kappa shape index (κ1) is 12.4. The summed E-state index contributed by atoms with van der Waals surface area (Å²) < 4.78 is 2.05. The van der Waals surface area contributed by atoms with E-state index in [1.807, 2.05) is 18.2 Å². The number of halogens is 1. The largest absolute Gasteiger partial charge is 0.389 e. The Morgan fingerprint density at radius 2 is 2.21 bits per heavy atom. The summed E-state index contributed by atoms with van der Waals surface area (Å²) in [7, 11) is 0. The molecule has 2 heterocycles. The predicted molar refractivity (Wildman–Crippen MR) is 73.2 cm³/mol. The van der Waals surface area contributed by atoms with Crippen LogP contribution in [-0.2, 0) is 13.1 Å². The normalized spacial score (nSPS) is 16.3. The van der Waals surface area contributed by atoms with E-state index in [9.17, 15) is 5.11 Å². The topological polar surface area (TPSA) is 54.2 Å². The molecule has 1 aliphatic rings. The molecule has 0 bridgehead atoms. The third-order valence-electron chi connectivity index (χ3n) is 3.43. The minimum Gasteiger partial charge on any atom is -0.389 e. The van der Waals surface area contributed by atoms with Crippen LogP contribution in [0, 0.1) is 0 Å². The molecule has 0 spiro atoms. The minimum atomic E-state index is -0.504. The van der Waals surface area contributed by atoms with Crippen molar-refractivity contribution in [1.29, 1.82) is 0 Å². The molecule has 3 rings (SSSR count). The van der Waals surface area contributed by atoms with E-state index in [-0.39, 0.29) is 0 Å². The van der Waals surface area contributed by atoms with E-state index in [1.54, 1.807) is 13.3 Å². The lowest BCUT2D eigenvalue weighted by Gasteiger charge is -2.30. The lowest BCUT2D eigenvalue weighted by molar-refractivity contribution is 0.199. The van der Waals surface area contributed by atoms with Crippen LogP contribution in [0.2, 0.25) is 5.02 Å². The number of hydrogen-bond acceptors (Lipinski definition) is 4. The second-order valence-corrected chi connectivity index (χ2v) is 5.16. The molecule has 0 saturated carbocycles. The Morgan fingerprint density at radius 1 is 1.37 bits per heavy atom. The van der Waals surface area contributed by atoms with Crippen LogP contribution in [0.25, 0.3) is 0 Å². The Bertz CT molecular complexity index is 596. The molecule has 1 aliphatic heterocycles. The number of rotatable bonds is 2. The Labute approximate surface area is 116 Å². The summed E-state index contributed by atoms with van der Waals surface area (Å²) in [4.78, 5) is 2.18. The highest BCUT2D eigenvalue weighted by atomic mass is 35.5. The van der Waals surface area contributed by atoms with Crippen molar-refractivity contribution in [2.24, 2.45) is 0 Å². The van der Waals surface area contributed by atoms with Crippen LogP contribution in [-0.4, -0.2) is 26.4 Å². The quantitative estimate of drug-likeness (QED) is 0.913. The van der Waals surface area contributed by atoms with E-state index in [1.165, 1.54) is 0 Å². The van der Waals surface area contributed by atoms with E-state index in [0.29, 0.717) is 11.6 Å². The van der Waals surface area contributed by atoms with Crippen molar-refractivity contribution in [3.8, 4) is 0 Å². The summed E-state index contributed by atoms with van der Waals surface area (Å²) in [5.74, 6) is 0.946. The Morgan fingerprint density at radius 3 is 2.95 bits per heavy atom. The van der Waals surface area contributed by atoms with Gasteiger partial charge in [-0.15, -0.1) is 10.2 Å². The average Bonchev–Trinajstić information content (AvgIpc) is 2.85. The molecule has 1 aromatic carbocycles. The van der Waals surface area contributed by atoms with Gasteiger partial charge in [0.1, 0.15) is 6.33 Å². The molecule has 0 saturated heterocycles. The maximum Gasteiger partial charge on any atom is 0.152 e. The van der Waals surface area contributed by atoms with Crippen molar-refractivity contribution < 1.29 is 5.11 Å². The smallest absolute Gasteiger partial charge is 0.152 e. The summed E-state index contributed by atoms with van der Waals surface area (Å²) in [6.07, 6.45) is 1.25. The number of aliphatic hydroxyl groups excluding tert-OH is 1. The summed E-state index contributed by atoms with van der Waals surface area (Å²) in [6, 6.07) is 5.68. The monoisotopic (exact) mass is 278 g/mol. The van der Waals surface area contributed by atoms with Crippen LogP contribution < -0.4 is 4.90 Å². The van der Waals surface area contributed by atoms with Crippen molar-refractivity contribution in [1.82, 2.24) is 14.8 Å². The molecular weight excluding hydrogens is 264 g/mol. The molecule has 1 aromatic heterocycles. The first-order valence-corrected chi connectivity index (χ1v) is 6.62. The van der Waals surface area contributed by atoms with Crippen molar-refractivity contribution in [2.45, 2.75) is 26.1 Å². The lowest BCUT2D eigenvalue weighted by atomic mass is 10.1. The molecule has 1 N–H and O–H groups in total. The van der Waals surface area contributed by atoms with E-state index in [4.69, 9.17) is 11.6 Å². The second kappa shape index (κ2) is 4.83. The van der Waals surface area contributed by atoms with Gasteiger partial charge in [-0.3, -0.25) is 0 Å². The summed E-state index contributed by atoms with van der Waals surface area (Å²) in [5, 5.41) is 18.2. The first-order chi connectivity index (χ1) is 9.15. The minimum absolute atomic E-state index is 0.504. The van der Waals surface area contributed by atoms with Crippen LogP contribution in [0.5, 0.6) is 0 Å². The van der Waals surface area contributed by atoms with Crippen LogP contribution in [0.15, 0.2) is 24.5 Å². The van der Waals surface area contributed by atoms with Gasteiger partial charge in [0.05, 0.1) is 23.4 Å². The fraction of sp³-hybridized carbons (Fsp3) is 0.385. The standard InChI is InChI=1S/C13H15ClN4O/c1-9(19)10-2-3-12(11(14)6-10)17-4-5-18-8-15-16-13(18)7-17/h2-3,6,8-9,19H,4-5,7H2,1H3/t9-/m1/s1. The highest BCUT2D eigenvalue weighted by Gasteiger charge is 2.19. The Hall–Kier alpha value is -1.59. The molecule has 100 valence electrons. The summed E-state index contributed by atoms with van der Waals surface area (Å²) in [5.41, 5.74) is 1.80. The maximum absolute atomic E-state index is 9.56. The van der Waals surface area contributed by atoms with Crippen LogP contribution in [0.1, 0.15) is 24.4 Å². The van der Waals surface area contributed by atoms with E-state index in [2.05, 4.69) is 19.7 Å². The van der Waals surface area contributed by atoms with Gasteiger partial charge in [-0.05, 0) is 24.6 Å². The van der Waals surface area contributed by atoms with Gasteiger partial charge < -0.3 is 14.6 Å².